The third-order valence-electron chi connectivity index (χ3n) is 3.70. The Labute approximate surface area is 158 Å². The molecule has 6 nitrogen and oxygen atoms in total. The molecular formula is C17H13Cl2FN3O3+. The standard InChI is InChI=1S/C17H13Cl2FN3O3/c1-10(12-7-11(18)3-4-14(12)20)22(2)17-8-13(19)16(23(25)26)9-15(17)21-5-6-24/h3-9H,1-2H3/q+1. The van der Waals surface area contributed by atoms with E-state index in [1.165, 1.54) is 24.3 Å². The minimum absolute atomic E-state index is 0.110. The van der Waals surface area contributed by atoms with E-state index in [1.807, 2.05) is 0 Å². The number of carbonyl (C=O) groups excluding carboxylic acids is 1. The molecule has 0 N–H and O–H groups in total. The number of aliphatic imine (C=N–C) groups is 1. The summed E-state index contributed by atoms with van der Waals surface area (Å²) >= 11 is 11.9. The lowest BCUT2D eigenvalue weighted by molar-refractivity contribution is -0.404. The second-order valence-corrected chi connectivity index (χ2v) is 6.08. The van der Waals surface area contributed by atoms with Crippen molar-refractivity contribution in [2.24, 2.45) is 4.99 Å². The maximum absolute atomic E-state index is 14.2. The summed E-state index contributed by atoms with van der Waals surface area (Å²) in [5.41, 5.74) is 0.860. The normalized spacial score (nSPS) is 12.2. The van der Waals surface area contributed by atoms with Gasteiger partial charge in [-0.3, -0.25) is 14.9 Å². The van der Waals surface area contributed by atoms with Crippen molar-refractivity contribution in [1.29, 1.82) is 0 Å². The van der Waals surface area contributed by atoms with Gasteiger partial charge in [-0.2, -0.15) is 4.58 Å². The molecule has 0 aliphatic rings. The molecule has 0 saturated carbocycles. The van der Waals surface area contributed by atoms with Crippen molar-refractivity contribution in [3.05, 3.63) is 61.9 Å². The number of halogens is 3. The van der Waals surface area contributed by atoms with Crippen LogP contribution in [0, 0.1) is 15.9 Å². The average Bonchev–Trinajstić information content (AvgIpc) is 2.60. The second-order valence-electron chi connectivity index (χ2n) is 5.23. The van der Waals surface area contributed by atoms with Gasteiger partial charge in [0, 0.05) is 18.0 Å². The van der Waals surface area contributed by atoms with E-state index in [1.54, 1.807) is 18.5 Å². The van der Waals surface area contributed by atoms with Gasteiger partial charge in [-0.1, -0.05) is 23.2 Å². The van der Waals surface area contributed by atoms with Gasteiger partial charge in [-0.15, -0.1) is 0 Å². The van der Waals surface area contributed by atoms with Crippen molar-refractivity contribution in [3.8, 4) is 0 Å². The van der Waals surface area contributed by atoms with Gasteiger partial charge in [0.1, 0.15) is 23.6 Å². The van der Waals surface area contributed by atoms with Crippen LogP contribution < -0.4 is 0 Å². The van der Waals surface area contributed by atoms with Gasteiger partial charge < -0.3 is 0 Å². The Kier molecular flexibility index (Phi) is 6.18. The Morgan fingerprint density at radius 1 is 1.23 bits per heavy atom. The molecule has 0 bridgehead atoms. The fraction of sp³-hybridized carbons (Fsp3) is 0.118. The smallest absolute Gasteiger partial charge is 0.290 e. The molecule has 2 rings (SSSR count). The zero-order valence-corrected chi connectivity index (χ0v) is 15.3. The topological polar surface area (TPSA) is 75.6 Å². The maximum Gasteiger partial charge on any atom is 0.290 e. The van der Waals surface area contributed by atoms with E-state index in [0.29, 0.717) is 22.7 Å². The molecule has 134 valence electrons. The molecule has 0 atom stereocenters. The van der Waals surface area contributed by atoms with Crippen molar-refractivity contribution in [2.75, 3.05) is 7.05 Å². The quantitative estimate of drug-likeness (QED) is 0.241. The Bertz CT molecular complexity index is 959. The zero-order valence-electron chi connectivity index (χ0n) is 13.7. The minimum atomic E-state index is -0.654. The third kappa shape index (κ3) is 4.12. The zero-order chi connectivity index (χ0) is 19.4. The predicted molar refractivity (Wildman–Crippen MR) is 99.4 cm³/mol. The summed E-state index contributed by atoms with van der Waals surface area (Å²) in [6.07, 6.45) is 1.40. The van der Waals surface area contributed by atoms with Crippen molar-refractivity contribution in [3.63, 3.8) is 0 Å². The van der Waals surface area contributed by atoms with E-state index in [-0.39, 0.29) is 22.0 Å². The molecule has 0 fully saturated rings. The monoisotopic (exact) mass is 396 g/mol. The van der Waals surface area contributed by atoms with E-state index in [4.69, 9.17) is 23.2 Å². The number of carbonyl (C=O) groups is 1. The lowest BCUT2D eigenvalue weighted by atomic mass is 10.1. The predicted octanol–water partition coefficient (Wildman–Crippen LogP) is 4.72. The van der Waals surface area contributed by atoms with E-state index < -0.39 is 10.7 Å². The second kappa shape index (κ2) is 8.16. The van der Waals surface area contributed by atoms with Crippen LogP contribution in [-0.4, -0.2) is 34.8 Å². The first-order valence-electron chi connectivity index (χ1n) is 7.24. The van der Waals surface area contributed by atoms with Gasteiger partial charge in [0.15, 0.2) is 12.0 Å². The Hall–Kier alpha value is -2.64. The van der Waals surface area contributed by atoms with Crippen LogP contribution in [0.1, 0.15) is 12.5 Å². The summed E-state index contributed by atoms with van der Waals surface area (Å²) in [6, 6.07) is 6.61. The molecular weight excluding hydrogens is 384 g/mol. The van der Waals surface area contributed by atoms with Gasteiger partial charge in [-0.05, 0) is 18.2 Å². The highest BCUT2D eigenvalue weighted by Gasteiger charge is 2.24. The molecule has 0 aliphatic heterocycles. The summed E-state index contributed by atoms with van der Waals surface area (Å²) in [4.78, 5) is 24.9. The van der Waals surface area contributed by atoms with Gasteiger partial charge >= 0.3 is 0 Å². The molecule has 0 aliphatic carbocycles. The summed E-state index contributed by atoms with van der Waals surface area (Å²) in [7, 11) is 1.62. The first-order chi connectivity index (χ1) is 12.3. The van der Waals surface area contributed by atoms with Crippen molar-refractivity contribution in [1.82, 2.24) is 0 Å². The first-order valence-corrected chi connectivity index (χ1v) is 8.00. The van der Waals surface area contributed by atoms with Crippen LogP contribution in [0.25, 0.3) is 0 Å². The highest BCUT2D eigenvalue weighted by Crippen LogP contribution is 2.37. The van der Waals surface area contributed by atoms with E-state index in [9.17, 15) is 19.3 Å². The highest BCUT2D eigenvalue weighted by atomic mass is 35.5. The summed E-state index contributed by atoms with van der Waals surface area (Å²) in [6.45, 7) is 1.65. The number of rotatable bonds is 5. The van der Waals surface area contributed by atoms with Crippen LogP contribution in [0.5, 0.6) is 0 Å². The molecule has 2 aromatic carbocycles. The molecule has 0 unspecified atom stereocenters. The largest absolute Gasteiger partial charge is 0.297 e. The molecule has 26 heavy (non-hydrogen) atoms. The Morgan fingerprint density at radius 3 is 2.54 bits per heavy atom. The molecule has 2 aromatic rings. The lowest BCUT2D eigenvalue weighted by Gasteiger charge is -2.07. The van der Waals surface area contributed by atoms with Crippen molar-refractivity contribution in [2.45, 2.75) is 6.92 Å². The van der Waals surface area contributed by atoms with Crippen molar-refractivity contribution >= 4 is 58.5 Å². The lowest BCUT2D eigenvalue weighted by Crippen LogP contribution is -2.13. The third-order valence-corrected chi connectivity index (χ3v) is 4.24. The van der Waals surface area contributed by atoms with Crippen LogP contribution >= 0.6 is 23.2 Å². The summed E-state index contributed by atoms with van der Waals surface area (Å²) in [5.74, 6) is -0.482. The number of nitro benzene ring substituents is 1. The fourth-order valence-corrected chi connectivity index (χ4v) is 2.70. The van der Waals surface area contributed by atoms with Gasteiger partial charge in [0.2, 0.25) is 5.69 Å². The SMILES string of the molecule is CC(c1cc(Cl)ccc1F)=[N+](C)c1cc(Cl)c([N+](=O)[O-])cc1N=CC=O. The number of aldehydes is 1. The molecule has 0 amide bonds. The van der Waals surface area contributed by atoms with Crippen molar-refractivity contribution < 1.29 is 18.7 Å². The number of nitro groups is 1. The number of hydrogen-bond donors (Lipinski definition) is 0. The van der Waals surface area contributed by atoms with Crippen LogP contribution in [-0.2, 0) is 4.79 Å². The van der Waals surface area contributed by atoms with E-state index in [2.05, 4.69) is 4.99 Å². The fourth-order valence-electron chi connectivity index (χ4n) is 2.30. The molecule has 0 saturated heterocycles. The molecule has 0 spiro atoms. The highest BCUT2D eigenvalue weighted by molar-refractivity contribution is 6.33. The Balaban J connectivity index is 2.74. The number of nitrogens with zero attached hydrogens (tertiary/aromatic N) is 3. The van der Waals surface area contributed by atoms with E-state index in [0.717, 1.165) is 12.3 Å². The van der Waals surface area contributed by atoms with Gasteiger partial charge in [0.05, 0.1) is 22.8 Å². The summed E-state index contributed by atoms with van der Waals surface area (Å²) in [5, 5.41) is 11.3. The van der Waals surface area contributed by atoms with E-state index >= 15 is 0 Å². The van der Waals surface area contributed by atoms with Crippen LogP contribution in [0.2, 0.25) is 10.0 Å². The van der Waals surface area contributed by atoms with Crippen LogP contribution in [0.15, 0.2) is 35.3 Å². The molecule has 0 aromatic heterocycles. The molecule has 0 heterocycles. The molecule has 9 heteroatoms. The number of hydrogen-bond acceptors (Lipinski definition) is 4. The van der Waals surface area contributed by atoms with Gasteiger partial charge in [-0.25, -0.2) is 9.38 Å². The summed E-state index contributed by atoms with van der Waals surface area (Å²) < 4.78 is 15.7. The minimum Gasteiger partial charge on any atom is -0.297 e. The van der Waals surface area contributed by atoms with Gasteiger partial charge in [0.25, 0.3) is 5.69 Å². The number of benzene rings is 2. The van der Waals surface area contributed by atoms with Crippen LogP contribution in [0.4, 0.5) is 21.5 Å². The van der Waals surface area contributed by atoms with Crippen LogP contribution in [0.3, 0.4) is 0 Å². The molecule has 0 radical (unpaired) electrons. The maximum atomic E-state index is 14.2. The average molecular weight is 397 g/mol. The first kappa shape index (κ1) is 19.7. The Morgan fingerprint density at radius 2 is 1.92 bits per heavy atom.